The fraction of sp³-hybridized carbons (Fsp3) is 0.500. The van der Waals surface area contributed by atoms with Crippen molar-refractivity contribution >= 4 is 40.5 Å². The van der Waals surface area contributed by atoms with E-state index < -0.39 is 48.1 Å². The minimum Gasteiger partial charge on any atom is -0.463 e. The molecule has 1 fully saturated rings. The Kier molecular flexibility index (Phi) is 12.4. The van der Waals surface area contributed by atoms with E-state index >= 15 is 0 Å². The molecule has 3 heterocycles. The monoisotopic (exact) mass is 646 g/mol. The van der Waals surface area contributed by atoms with Crippen molar-refractivity contribution in [1.82, 2.24) is 19.5 Å². The molecule has 1 aromatic carbocycles. The van der Waals surface area contributed by atoms with E-state index in [0.29, 0.717) is 6.42 Å². The lowest BCUT2D eigenvalue weighted by molar-refractivity contribution is -0.384. The molecule has 0 spiro atoms. The maximum atomic E-state index is 12.4. The highest BCUT2D eigenvalue weighted by Gasteiger charge is 2.45. The van der Waals surface area contributed by atoms with Gasteiger partial charge in [-0.25, -0.2) is 19.7 Å². The van der Waals surface area contributed by atoms with Crippen LogP contribution in [0.5, 0.6) is 0 Å². The van der Waals surface area contributed by atoms with Crippen LogP contribution in [0.2, 0.25) is 0 Å². The third-order valence-corrected chi connectivity index (χ3v) is 6.82. The van der Waals surface area contributed by atoms with Gasteiger partial charge in [0.1, 0.15) is 37.0 Å². The summed E-state index contributed by atoms with van der Waals surface area (Å²) >= 11 is 0. The van der Waals surface area contributed by atoms with E-state index in [1.54, 1.807) is 12.1 Å². The highest BCUT2D eigenvalue weighted by Crippen LogP contribution is 2.33. The van der Waals surface area contributed by atoms with Gasteiger partial charge in [-0.3, -0.25) is 24.8 Å². The van der Waals surface area contributed by atoms with Gasteiger partial charge >= 0.3 is 12.1 Å². The molecule has 248 valence electrons. The van der Waals surface area contributed by atoms with Gasteiger partial charge in [0.15, 0.2) is 23.2 Å². The van der Waals surface area contributed by atoms with Gasteiger partial charge in [-0.2, -0.15) is 0 Å². The minimum atomic E-state index is -1.24. The molecule has 0 unspecified atom stereocenters. The molecule has 0 aliphatic carbocycles. The van der Waals surface area contributed by atoms with Gasteiger partial charge in [0.05, 0.1) is 50.7 Å². The largest absolute Gasteiger partial charge is 0.463 e. The third-order valence-electron chi connectivity index (χ3n) is 6.82. The van der Waals surface area contributed by atoms with E-state index in [1.807, 2.05) is 0 Å². The minimum absolute atomic E-state index is 0.000926. The lowest BCUT2D eigenvalue weighted by atomic mass is 10.1. The van der Waals surface area contributed by atoms with Gasteiger partial charge in [0.2, 0.25) is 0 Å². The summed E-state index contributed by atoms with van der Waals surface area (Å²) in [5, 5.41) is 34.2. The number of nitrogens with zero attached hydrogens (tertiary/aromatic N) is 5. The number of fused-ring (bicyclic) bond motifs is 1. The normalized spacial score (nSPS) is 19.2. The van der Waals surface area contributed by atoms with Crippen molar-refractivity contribution in [2.24, 2.45) is 0 Å². The molecule has 18 nitrogen and oxygen atoms in total. The number of amides is 1. The first-order valence-electron chi connectivity index (χ1n) is 14.3. The zero-order valence-electron chi connectivity index (χ0n) is 24.9. The molecule has 1 amide bonds. The summed E-state index contributed by atoms with van der Waals surface area (Å²) in [6.45, 7) is 1.21. The molecule has 18 heteroatoms. The summed E-state index contributed by atoms with van der Waals surface area (Å²) < 4.78 is 28.6. The van der Waals surface area contributed by atoms with Crippen LogP contribution in [0, 0.1) is 10.1 Å². The van der Waals surface area contributed by atoms with Crippen molar-refractivity contribution in [1.29, 1.82) is 0 Å². The first-order valence-corrected chi connectivity index (χ1v) is 14.3. The summed E-state index contributed by atoms with van der Waals surface area (Å²) in [6, 6.07) is 5.89. The molecule has 3 N–H and O–H groups in total. The van der Waals surface area contributed by atoms with E-state index in [2.05, 4.69) is 20.3 Å². The van der Waals surface area contributed by atoms with Crippen LogP contribution in [0.1, 0.15) is 31.6 Å². The second-order valence-electron chi connectivity index (χ2n) is 10.1. The van der Waals surface area contributed by atoms with Crippen molar-refractivity contribution in [2.75, 3.05) is 45.0 Å². The number of imidazole rings is 1. The molecule has 4 rings (SSSR count). The lowest BCUT2D eigenvalue weighted by Gasteiger charge is -2.20. The number of non-ortho nitro benzene ring substituents is 1. The Bertz CT molecular complexity index is 1500. The van der Waals surface area contributed by atoms with Crippen molar-refractivity contribution in [3.63, 3.8) is 0 Å². The van der Waals surface area contributed by atoms with Gasteiger partial charge in [0, 0.05) is 25.0 Å². The number of carbonyl (C=O) groups excluding carboxylic acids is 3. The van der Waals surface area contributed by atoms with E-state index in [0.717, 1.165) is 5.56 Å². The van der Waals surface area contributed by atoms with Crippen LogP contribution in [-0.2, 0) is 39.7 Å². The molecule has 1 aliphatic heterocycles. The number of aliphatic hydroxyl groups excluding tert-OH is 2. The highest BCUT2D eigenvalue weighted by atomic mass is 16.6. The number of ketones is 1. The van der Waals surface area contributed by atoms with E-state index in [4.69, 9.17) is 23.7 Å². The van der Waals surface area contributed by atoms with Crippen LogP contribution >= 0.6 is 0 Å². The maximum absolute atomic E-state index is 12.4. The number of aromatic nitrogens is 4. The number of benzene rings is 1. The Morgan fingerprint density at radius 1 is 1.04 bits per heavy atom. The predicted octanol–water partition coefficient (Wildman–Crippen LogP) is 1.09. The molecule has 3 aromatic rings. The van der Waals surface area contributed by atoms with Crippen LogP contribution in [0.3, 0.4) is 0 Å². The van der Waals surface area contributed by atoms with E-state index in [1.165, 1.54) is 36.3 Å². The second kappa shape index (κ2) is 16.6. The van der Waals surface area contributed by atoms with Crippen molar-refractivity contribution < 1.29 is 53.2 Å². The topological polar surface area (TPSA) is 237 Å². The smallest absolute Gasteiger partial charge is 0.412 e. The molecule has 46 heavy (non-hydrogen) atoms. The molecule has 1 aliphatic rings. The summed E-state index contributed by atoms with van der Waals surface area (Å²) in [5.74, 6) is -0.545. The van der Waals surface area contributed by atoms with Crippen LogP contribution in [0.15, 0.2) is 36.9 Å². The number of nitro benzene ring substituents is 1. The Hall–Kier alpha value is -4.62. The first-order chi connectivity index (χ1) is 22.2. The zero-order valence-corrected chi connectivity index (χ0v) is 24.9. The number of hydrogen-bond acceptors (Lipinski definition) is 15. The standard InChI is InChI=1S/C28H34N6O12/c1-17(36)2-7-21(37)43-12-10-42-11-13-44-24-20(14-35)46-27(23(24)38)33-16-31-22-25(29-15-30-26(22)33)32-28(39)45-9-8-18-3-5-19(6-4-18)34(40)41/h3-6,15-16,20,23-24,27,35,38H,2,7-14H2,1H3,(H,29,30,32,39)/t20-,23-,24-,27-/m1/s1. The molecular weight excluding hydrogens is 612 g/mol. The number of ether oxygens (including phenoxy) is 5. The number of nitro groups is 1. The summed E-state index contributed by atoms with van der Waals surface area (Å²) in [4.78, 5) is 57.7. The van der Waals surface area contributed by atoms with Crippen LogP contribution in [-0.4, -0.2) is 110 Å². The number of anilines is 1. The van der Waals surface area contributed by atoms with Crippen molar-refractivity contribution in [3.8, 4) is 0 Å². The predicted molar refractivity (Wildman–Crippen MR) is 156 cm³/mol. The van der Waals surface area contributed by atoms with Gasteiger partial charge in [-0.1, -0.05) is 12.1 Å². The van der Waals surface area contributed by atoms with Crippen LogP contribution in [0.25, 0.3) is 11.2 Å². The first kappa shape index (κ1) is 34.3. The van der Waals surface area contributed by atoms with Gasteiger partial charge in [-0.05, 0) is 12.5 Å². The molecule has 0 bridgehead atoms. The number of hydrogen-bond donors (Lipinski definition) is 3. The number of Topliss-reactive ketones (excluding diaryl/α,β-unsaturated/α-hetero) is 1. The number of aliphatic hydroxyl groups is 2. The number of esters is 1. The molecular formula is C28H34N6O12. The van der Waals surface area contributed by atoms with E-state index in [9.17, 15) is 34.7 Å². The van der Waals surface area contributed by atoms with Gasteiger partial charge < -0.3 is 38.7 Å². The summed E-state index contributed by atoms with van der Waals surface area (Å²) in [5.41, 5.74) is 1.11. The second-order valence-corrected chi connectivity index (χ2v) is 10.1. The fourth-order valence-electron chi connectivity index (χ4n) is 4.52. The average Bonchev–Trinajstić information content (AvgIpc) is 3.60. The fourth-order valence-corrected chi connectivity index (χ4v) is 4.52. The number of nitrogens with one attached hydrogen (secondary N) is 1. The Morgan fingerprint density at radius 3 is 2.52 bits per heavy atom. The SMILES string of the molecule is CC(=O)CCC(=O)OCCOCCO[C@H]1[C@@H](O)[C@H](n2cnc3c(NC(=O)OCCc4ccc([N+](=O)[O-])cc4)ncnc32)O[C@@H]1CO. The number of carbonyl (C=O) groups is 3. The molecule has 2 aromatic heterocycles. The summed E-state index contributed by atoms with van der Waals surface area (Å²) in [7, 11) is 0. The lowest BCUT2D eigenvalue weighted by Crippen LogP contribution is -2.37. The number of rotatable bonds is 17. The van der Waals surface area contributed by atoms with Crippen LogP contribution in [0.4, 0.5) is 16.3 Å². The molecule has 0 radical (unpaired) electrons. The zero-order chi connectivity index (χ0) is 33.1. The van der Waals surface area contributed by atoms with Gasteiger partial charge in [0.25, 0.3) is 5.69 Å². The average molecular weight is 647 g/mol. The third kappa shape index (κ3) is 9.21. The highest BCUT2D eigenvalue weighted by molar-refractivity contribution is 5.93. The Labute approximate surface area is 261 Å². The van der Waals surface area contributed by atoms with E-state index in [-0.39, 0.29) is 74.3 Å². The maximum Gasteiger partial charge on any atom is 0.412 e. The van der Waals surface area contributed by atoms with Crippen LogP contribution < -0.4 is 5.32 Å². The quantitative estimate of drug-likeness (QED) is 0.0805. The van der Waals surface area contributed by atoms with Crippen molar-refractivity contribution in [2.45, 2.75) is 50.7 Å². The molecule has 1 saturated heterocycles. The Balaban J connectivity index is 1.26. The molecule has 0 saturated carbocycles. The summed E-state index contributed by atoms with van der Waals surface area (Å²) in [6.07, 6.45) is -1.91. The van der Waals surface area contributed by atoms with Gasteiger partial charge in [-0.15, -0.1) is 0 Å². The van der Waals surface area contributed by atoms with Crippen molar-refractivity contribution in [3.05, 3.63) is 52.6 Å². The Morgan fingerprint density at radius 2 is 1.80 bits per heavy atom. The molecule has 4 atom stereocenters.